The standard InChI is InChI=1S/C23H35N3O5S/c1-32(29,30)24-14-12-20-9-5-6-16-26(20)23(28)19-8-7-15-25(18-19)22(27)13-17-31-21-10-3-2-4-11-21/h2-4,10-11,19-20,24H,5-9,12-18H2,1H3. The lowest BCUT2D eigenvalue weighted by Crippen LogP contribution is -2.51. The molecule has 8 nitrogen and oxygen atoms in total. The number of hydrogen-bond acceptors (Lipinski definition) is 5. The molecular formula is C23H35N3O5S. The monoisotopic (exact) mass is 465 g/mol. The van der Waals surface area contributed by atoms with E-state index in [1.54, 1.807) is 4.90 Å². The molecule has 0 saturated carbocycles. The number of likely N-dealkylation sites (tertiary alicyclic amines) is 2. The quantitative estimate of drug-likeness (QED) is 0.602. The van der Waals surface area contributed by atoms with Crippen molar-refractivity contribution in [2.24, 2.45) is 5.92 Å². The minimum Gasteiger partial charge on any atom is -0.493 e. The highest BCUT2D eigenvalue weighted by Crippen LogP contribution is 2.26. The lowest BCUT2D eigenvalue weighted by molar-refractivity contribution is -0.144. The minimum absolute atomic E-state index is 0.0194. The van der Waals surface area contributed by atoms with Crippen LogP contribution in [0, 0.1) is 5.92 Å². The number of ether oxygens (including phenoxy) is 1. The van der Waals surface area contributed by atoms with E-state index < -0.39 is 10.0 Å². The van der Waals surface area contributed by atoms with E-state index in [1.165, 1.54) is 0 Å². The maximum absolute atomic E-state index is 13.3. The molecule has 1 aromatic rings. The van der Waals surface area contributed by atoms with Gasteiger partial charge in [-0.3, -0.25) is 9.59 Å². The first-order valence-corrected chi connectivity index (χ1v) is 13.4. The van der Waals surface area contributed by atoms with Crippen LogP contribution in [0.1, 0.15) is 44.9 Å². The zero-order chi connectivity index (χ0) is 23.0. The summed E-state index contributed by atoms with van der Waals surface area (Å²) < 4.78 is 30.9. The summed E-state index contributed by atoms with van der Waals surface area (Å²) in [5.74, 6) is 0.678. The van der Waals surface area contributed by atoms with Gasteiger partial charge in [-0.15, -0.1) is 0 Å². The Morgan fingerprint density at radius 2 is 1.88 bits per heavy atom. The van der Waals surface area contributed by atoms with Crippen LogP contribution in [-0.4, -0.2) is 75.1 Å². The number of carbonyl (C=O) groups excluding carboxylic acids is 2. The molecule has 1 N–H and O–H groups in total. The Morgan fingerprint density at radius 3 is 2.62 bits per heavy atom. The zero-order valence-corrected chi connectivity index (χ0v) is 19.7. The molecule has 2 amide bonds. The van der Waals surface area contributed by atoms with Crippen LogP contribution >= 0.6 is 0 Å². The molecule has 0 radical (unpaired) electrons. The minimum atomic E-state index is -3.23. The van der Waals surface area contributed by atoms with Gasteiger partial charge >= 0.3 is 0 Å². The highest BCUT2D eigenvalue weighted by molar-refractivity contribution is 7.88. The lowest BCUT2D eigenvalue weighted by atomic mass is 9.92. The Kier molecular flexibility index (Phi) is 8.92. The number of carbonyl (C=O) groups is 2. The van der Waals surface area contributed by atoms with Crippen LogP contribution in [0.2, 0.25) is 0 Å². The van der Waals surface area contributed by atoms with E-state index in [0.717, 1.165) is 44.1 Å². The fourth-order valence-electron chi connectivity index (χ4n) is 4.57. The average Bonchev–Trinajstić information content (AvgIpc) is 2.79. The number of sulfonamides is 1. The van der Waals surface area contributed by atoms with Crippen LogP contribution in [0.4, 0.5) is 0 Å². The van der Waals surface area contributed by atoms with Gasteiger partial charge < -0.3 is 14.5 Å². The molecule has 2 saturated heterocycles. The van der Waals surface area contributed by atoms with Gasteiger partial charge in [-0.1, -0.05) is 18.2 Å². The first kappa shape index (κ1) is 24.5. The van der Waals surface area contributed by atoms with Gasteiger partial charge in [-0.25, -0.2) is 13.1 Å². The van der Waals surface area contributed by atoms with Crippen LogP contribution < -0.4 is 9.46 Å². The van der Waals surface area contributed by atoms with Crippen molar-refractivity contribution in [3.05, 3.63) is 30.3 Å². The molecule has 1 aromatic carbocycles. The highest BCUT2D eigenvalue weighted by Gasteiger charge is 2.34. The van der Waals surface area contributed by atoms with Crippen LogP contribution in [0.3, 0.4) is 0 Å². The molecule has 0 spiro atoms. The van der Waals surface area contributed by atoms with Crippen LogP contribution in [0.25, 0.3) is 0 Å². The third-order valence-electron chi connectivity index (χ3n) is 6.20. The van der Waals surface area contributed by atoms with Gasteiger partial charge in [0.05, 0.1) is 25.2 Å². The number of nitrogens with zero attached hydrogens (tertiary/aromatic N) is 2. The van der Waals surface area contributed by atoms with Crippen molar-refractivity contribution in [2.75, 3.05) is 39.0 Å². The molecule has 3 rings (SSSR count). The summed E-state index contributed by atoms with van der Waals surface area (Å²) in [6.45, 7) is 2.49. The molecular weight excluding hydrogens is 430 g/mol. The van der Waals surface area contributed by atoms with Gasteiger partial charge in [-0.05, 0) is 50.7 Å². The van der Waals surface area contributed by atoms with Crippen molar-refractivity contribution in [2.45, 2.75) is 51.0 Å². The predicted octanol–water partition coefficient (Wildman–Crippen LogP) is 2.01. The van der Waals surface area contributed by atoms with Gasteiger partial charge in [0.1, 0.15) is 5.75 Å². The van der Waals surface area contributed by atoms with Crippen molar-refractivity contribution < 1.29 is 22.7 Å². The predicted molar refractivity (Wildman–Crippen MR) is 123 cm³/mol. The van der Waals surface area contributed by atoms with Crippen molar-refractivity contribution in [3.63, 3.8) is 0 Å². The molecule has 0 bridgehead atoms. The van der Waals surface area contributed by atoms with Crippen LogP contribution in [0.15, 0.2) is 30.3 Å². The normalized spacial score (nSPS) is 21.9. The molecule has 2 aliphatic heterocycles. The zero-order valence-electron chi connectivity index (χ0n) is 18.9. The third kappa shape index (κ3) is 7.48. The summed E-state index contributed by atoms with van der Waals surface area (Å²) >= 11 is 0. The van der Waals surface area contributed by atoms with Gasteiger partial charge in [0.2, 0.25) is 21.8 Å². The molecule has 2 heterocycles. The Labute approximate surface area is 191 Å². The second-order valence-corrected chi connectivity index (χ2v) is 10.6. The summed E-state index contributed by atoms with van der Waals surface area (Å²) in [5, 5.41) is 0. The van der Waals surface area contributed by atoms with E-state index >= 15 is 0 Å². The molecule has 9 heteroatoms. The summed E-state index contributed by atoms with van der Waals surface area (Å²) in [5.41, 5.74) is 0. The van der Waals surface area contributed by atoms with Gasteiger partial charge in [0.25, 0.3) is 0 Å². The first-order valence-electron chi connectivity index (χ1n) is 11.5. The fraction of sp³-hybridized carbons (Fsp3) is 0.652. The van der Waals surface area contributed by atoms with E-state index in [1.807, 2.05) is 35.2 Å². The molecule has 32 heavy (non-hydrogen) atoms. The topological polar surface area (TPSA) is 96.0 Å². The number of para-hydroxylation sites is 1. The van der Waals surface area contributed by atoms with E-state index in [9.17, 15) is 18.0 Å². The second-order valence-electron chi connectivity index (χ2n) is 8.73. The Hall–Kier alpha value is -2.13. The average molecular weight is 466 g/mol. The molecule has 2 atom stereocenters. The molecule has 2 unspecified atom stereocenters. The summed E-state index contributed by atoms with van der Waals surface area (Å²) in [7, 11) is -3.23. The Bertz CT molecular complexity index is 862. The lowest BCUT2D eigenvalue weighted by Gasteiger charge is -2.40. The van der Waals surface area contributed by atoms with E-state index in [2.05, 4.69) is 4.72 Å². The number of amides is 2. The smallest absolute Gasteiger partial charge is 0.227 e. The highest BCUT2D eigenvalue weighted by atomic mass is 32.2. The van der Waals surface area contributed by atoms with Gasteiger partial charge in [-0.2, -0.15) is 0 Å². The van der Waals surface area contributed by atoms with Gasteiger partial charge in [0.15, 0.2) is 0 Å². The summed E-state index contributed by atoms with van der Waals surface area (Å²) in [4.78, 5) is 29.7. The second kappa shape index (κ2) is 11.7. The number of hydrogen-bond donors (Lipinski definition) is 1. The van der Waals surface area contributed by atoms with Crippen molar-refractivity contribution in [3.8, 4) is 5.75 Å². The largest absolute Gasteiger partial charge is 0.493 e. The molecule has 0 aliphatic carbocycles. The number of rotatable bonds is 9. The summed E-state index contributed by atoms with van der Waals surface area (Å²) in [6.07, 6.45) is 6.56. The van der Waals surface area contributed by atoms with Crippen LogP contribution in [-0.2, 0) is 19.6 Å². The third-order valence-corrected chi connectivity index (χ3v) is 6.93. The number of benzene rings is 1. The fourth-order valence-corrected chi connectivity index (χ4v) is 5.06. The van der Waals surface area contributed by atoms with Crippen LogP contribution in [0.5, 0.6) is 5.75 Å². The number of piperidine rings is 2. The maximum atomic E-state index is 13.3. The van der Waals surface area contributed by atoms with Crippen molar-refractivity contribution in [1.29, 1.82) is 0 Å². The SMILES string of the molecule is CS(=O)(=O)NCCC1CCCCN1C(=O)C1CCCN(C(=O)CCOc2ccccc2)C1. The Balaban J connectivity index is 1.50. The van der Waals surface area contributed by atoms with E-state index in [-0.39, 0.29) is 23.8 Å². The van der Waals surface area contributed by atoms with Crippen molar-refractivity contribution in [1.82, 2.24) is 14.5 Å². The summed E-state index contributed by atoms with van der Waals surface area (Å²) in [6, 6.07) is 9.47. The Morgan fingerprint density at radius 1 is 1.09 bits per heavy atom. The molecule has 2 fully saturated rings. The molecule has 2 aliphatic rings. The number of nitrogens with one attached hydrogen (secondary N) is 1. The molecule has 0 aromatic heterocycles. The van der Waals surface area contributed by atoms with Gasteiger partial charge in [0, 0.05) is 32.2 Å². The van der Waals surface area contributed by atoms with E-state index in [0.29, 0.717) is 45.6 Å². The van der Waals surface area contributed by atoms with E-state index in [4.69, 9.17) is 4.74 Å². The molecule has 178 valence electrons. The maximum Gasteiger partial charge on any atom is 0.227 e. The van der Waals surface area contributed by atoms with Crippen molar-refractivity contribution >= 4 is 21.8 Å². The first-order chi connectivity index (χ1) is 15.3.